The molecule has 0 aromatic heterocycles. The normalized spacial score (nSPS) is 42.3. The van der Waals surface area contributed by atoms with Crippen molar-refractivity contribution >= 4 is 0 Å². The molecule has 1 aliphatic carbocycles. The maximum atomic E-state index is 9.27. The average molecular weight is 129 g/mol. The van der Waals surface area contributed by atoms with Crippen molar-refractivity contribution in [3.8, 4) is 0 Å². The van der Waals surface area contributed by atoms with Gasteiger partial charge in [0.05, 0.1) is 5.60 Å². The first-order valence-corrected chi connectivity index (χ1v) is 3.56. The summed E-state index contributed by atoms with van der Waals surface area (Å²) in [5.74, 6) is 0.699. The van der Waals surface area contributed by atoms with Crippen LogP contribution in [0.15, 0.2) is 0 Å². The lowest BCUT2D eigenvalue weighted by atomic mass is 9.71. The summed E-state index contributed by atoms with van der Waals surface area (Å²) in [6.07, 6.45) is 2.98. The third-order valence-corrected chi connectivity index (χ3v) is 2.03. The van der Waals surface area contributed by atoms with E-state index in [2.05, 4.69) is 0 Å². The van der Waals surface area contributed by atoms with E-state index in [0.717, 1.165) is 25.8 Å². The Labute approximate surface area is 56.1 Å². The summed E-state index contributed by atoms with van der Waals surface area (Å²) in [5.41, 5.74) is 4.98. The maximum absolute atomic E-state index is 9.27. The van der Waals surface area contributed by atoms with Gasteiger partial charge in [-0.2, -0.15) is 0 Å². The number of aliphatic hydroxyl groups is 1. The van der Waals surface area contributed by atoms with Crippen LogP contribution < -0.4 is 5.73 Å². The van der Waals surface area contributed by atoms with E-state index in [0.29, 0.717) is 5.92 Å². The predicted molar refractivity (Wildman–Crippen MR) is 37.0 cm³/mol. The second kappa shape index (κ2) is 2.27. The van der Waals surface area contributed by atoms with Crippen LogP contribution in [0.4, 0.5) is 0 Å². The molecule has 0 radical (unpaired) electrons. The van der Waals surface area contributed by atoms with Crippen LogP contribution in [0.5, 0.6) is 0 Å². The Bertz CT molecular complexity index is 93.1. The molecule has 0 spiro atoms. The van der Waals surface area contributed by atoms with Gasteiger partial charge in [0.1, 0.15) is 0 Å². The molecule has 1 aliphatic rings. The first-order valence-electron chi connectivity index (χ1n) is 3.56. The fourth-order valence-corrected chi connectivity index (χ4v) is 1.62. The number of hydrogen-bond acceptors (Lipinski definition) is 2. The van der Waals surface area contributed by atoms with Crippen molar-refractivity contribution in [2.75, 3.05) is 6.54 Å². The second-order valence-corrected chi connectivity index (χ2v) is 3.35. The topological polar surface area (TPSA) is 46.2 Å². The number of nitrogens with two attached hydrogens (primary N) is 1. The quantitative estimate of drug-likeness (QED) is 0.570. The standard InChI is InChI=1S/C7H15NO/c1-7(9)4-6(5-7)2-3-8/h6,9H,2-5,8H2,1H3. The summed E-state index contributed by atoms with van der Waals surface area (Å²) in [7, 11) is 0. The smallest absolute Gasteiger partial charge is 0.0625 e. The highest BCUT2D eigenvalue weighted by atomic mass is 16.3. The largest absolute Gasteiger partial charge is 0.390 e. The molecule has 3 N–H and O–H groups in total. The van der Waals surface area contributed by atoms with Gasteiger partial charge in [0.25, 0.3) is 0 Å². The summed E-state index contributed by atoms with van der Waals surface area (Å²) in [4.78, 5) is 0. The van der Waals surface area contributed by atoms with Crippen LogP contribution in [0.3, 0.4) is 0 Å². The molecule has 0 unspecified atom stereocenters. The van der Waals surface area contributed by atoms with Gasteiger partial charge in [-0.15, -0.1) is 0 Å². The van der Waals surface area contributed by atoms with E-state index in [9.17, 15) is 5.11 Å². The van der Waals surface area contributed by atoms with E-state index in [1.165, 1.54) is 0 Å². The summed E-state index contributed by atoms with van der Waals surface area (Å²) in [6.45, 7) is 2.65. The van der Waals surface area contributed by atoms with Crippen LogP contribution in [-0.4, -0.2) is 17.3 Å². The fraction of sp³-hybridized carbons (Fsp3) is 1.00. The van der Waals surface area contributed by atoms with Crippen molar-refractivity contribution in [1.29, 1.82) is 0 Å². The SMILES string of the molecule is CC1(O)CC(CCN)C1. The van der Waals surface area contributed by atoms with Crippen molar-refractivity contribution < 1.29 is 5.11 Å². The second-order valence-electron chi connectivity index (χ2n) is 3.35. The molecule has 1 rings (SSSR count). The molecule has 0 bridgehead atoms. The van der Waals surface area contributed by atoms with Gasteiger partial charge in [-0.25, -0.2) is 0 Å². The van der Waals surface area contributed by atoms with E-state index in [-0.39, 0.29) is 5.60 Å². The molecule has 54 valence electrons. The Morgan fingerprint density at radius 1 is 1.67 bits per heavy atom. The van der Waals surface area contributed by atoms with Crippen molar-refractivity contribution in [3.63, 3.8) is 0 Å². The van der Waals surface area contributed by atoms with Crippen LogP contribution in [0, 0.1) is 5.92 Å². The van der Waals surface area contributed by atoms with E-state index < -0.39 is 0 Å². The lowest BCUT2D eigenvalue weighted by Gasteiger charge is -2.40. The molecule has 0 saturated heterocycles. The summed E-state index contributed by atoms with van der Waals surface area (Å²) < 4.78 is 0. The average Bonchev–Trinajstić information content (AvgIpc) is 1.62. The fourth-order valence-electron chi connectivity index (χ4n) is 1.62. The first-order chi connectivity index (χ1) is 4.14. The molecule has 0 aromatic rings. The molecule has 2 nitrogen and oxygen atoms in total. The highest BCUT2D eigenvalue weighted by Crippen LogP contribution is 2.38. The molecule has 0 atom stereocenters. The van der Waals surface area contributed by atoms with Gasteiger partial charge in [-0.3, -0.25) is 0 Å². The van der Waals surface area contributed by atoms with Crippen LogP contribution in [0.1, 0.15) is 26.2 Å². The minimum absolute atomic E-state index is 0.361. The van der Waals surface area contributed by atoms with Crippen molar-refractivity contribution in [2.45, 2.75) is 31.8 Å². The zero-order valence-corrected chi connectivity index (χ0v) is 5.93. The molecule has 1 fully saturated rings. The number of rotatable bonds is 2. The van der Waals surface area contributed by atoms with Crippen LogP contribution >= 0.6 is 0 Å². The summed E-state index contributed by atoms with van der Waals surface area (Å²) in [6, 6.07) is 0. The predicted octanol–water partition coefficient (Wildman–Crippen LogP) is 0.496. The molecule has 2 heteroatoms. The Kier molecular flexibility index (Phi) is 1.78. The zero-order valence-electron chi connectivity index (χ0n) is 5.93. The Balaban J connectivity index is 2.12. The van der Waals surface area contributed by atoms with Gasteiger partial charge in [0, 0.05) is 0 Å². The zero-order chi connectivity index (χ0) is 6.91. The maximum Gasteiger partial charge on any atom is 0.0625 e. The van der Waals surface area contributed by atoms with Gasteiger partial charge in [0.2, 0.25) is 0 Å². The van der Waals surface area contributed by atoms with E-state index in [1.54, 1.807) is 0 Å². The molecular formula is C7H15NO. The van der Waals surface area contributed by atoms with Crippen molar-refractivity contribution in [2.24, 2.45) is 11.7 Å². The molecule has 1 saturated carbocycles. The van der Waals surface area contributed by atoms with E-state index >= 15 is 0 Å². The van der Waals surface area contributed by atoms with Crippen LogP contribution in [-0.2, 0) is 0 Å². The third-order valence-electron chi connectivity index (χ3n) is 2.03. The highest BCUT2D eigenvalue weighted by molar-refractivity contribution is 4.89. The van der Waals surface area contributed by atoms with Crippen LogP contribution in [0.25, 0.3) is 0 Å². The molecule has 0 aromatic carbocycles. The third kappa shape index (κ3) is 1.66. The van der Waals surface area contributed by atoms with Gasteiger partial charge in [-0.1, -0.05) is 0 Å². The molecule has 0 amide bonds. The molecule has 9 heavy (non-hydrogen) atoms. The van der Waals surface area contributed by atoms with E-state index in [1.807, 2.05) is 6.92 Å². The molecule has 0 aliphatic heterocycles. The minimum atomic E-state index is -0.361. The molecular weight excluding hydrogens is 114 g/mol. The Morgan fingerprint density at radius 2 is 2.22 bits per heavy atom. The summed E-state index contributed by atoms with van der Waals surface area (Å²) >= 11 is 0. The van der Waals surface area contributed by atoms with E-state index in [4.69, 9.17) is 5.73 Å². The highest BCUT2D eigenvalue weighted by Gasteiger charge is 2.37. The van der Waals surface area contributed by atoms with Crippen molar-refractivity contribution in [1.82, 2.24) is 0 Å². The minimum Gasteiger partial charge on any atom is -0.390 e. The number of hydrogen-bond donors (Lipinski definition) is 2. The Hall–Kier alpha value is -0.0800. The van der Waals surface area contributed by atoms with Gasteiger partial charge < -0.3 is 10.8 Å². The first kappa shape index (κ1) is 7.03. The van der Waals surface area contributed by atoms with Gasteiger partial charge in [0.15, 0.2) is 0 Å². The monoisotopic (exact) mass is 129 g/mol. The van der Waals surface area contributed by atoms with Crippen molar-refractivity contribution in [3.05, 3.63) is 0 Å². The van der Waals surface area contributed by atoms with Gasteiger partial charge in [-0.05, 0) is 38.6 Å². The Morgan fingerprint density at radius 3 is 2.56 bits per heavy atom. The van der Waals surface area contributed by atoms with Crippen LogP contribution in [0.2, 0.25) is 0 Å². The summed E-state index contributed by atoms with van der Waals surface area (Å²) in [5, 5.41) is 9.27. The van der Waals surface area contributed by atoms with Gasteiger partial charge >= 0.3 is 0 Å². The lowest BCUT2D eigenvalue weighted by molar-refractivity contribution is -0.0584. The molecule has 0 heterocycles. The lowest BCUT2D eigenvalue weighted by Crippen LogP contribution is -2.41.